The van der Waals surface area contributed by atoms with Crippen LogP contribution in [-0.4, -0.2) is 11.2 Å². The Bertz CT molecular complexity index is 478. The highest BCUT2D eigenvalue weighted by atomic mass is 16.3. The Morgan fingerprint density at radius 3 is 2.62 bits per heavy atom. The van der Waals surface area contributed by atoms with Gasteiger partial charge in [-0.05, 0) is 78.9 Å². The van der Waals surface area contributed by atoms with Gasteiger partial charge in [-0.15, -0.1) is 0 Å². The number of hydrogen-bond donors (Lipinski definition) is 1. The van der Waals surface area contributed by atoms with Gasteiger partial charge in [-0.3, -0.25) is 0 Å². The third kappa shape index (κ3) is 1.73. The summed E-state index contributed by atoms with van der Waals surface area (Å²) >= 11 is 0. The van der Waals surface area contributed by atoms with Gasteiger partial charge in [-0.1, -0.05) is 39.3 Å². The van der Waals surface area contributed by atoms with Crippen LogP contribution in [0.4, 0.5) is 0 Å². The van der Waals surface area contributed by atoms with Gasteiger partial charge in [0, 0.05) is 0 Å². The summed E-state index contributed by atoms with van der Waals surface area (Å²) in [5.74, 6) is 2.10. The first-order valence-corrected chi connectivity index (χ1v) is 9.14. The second-order valence-corrected chi connectivity index (χ2v) is 9.83. The van der Waals surface area contributed by atoms with Crippen LogP contribution < -0.4 is 0 Å². The number of fused-ring (bicyclic) bond motifs is 3. The Morgan fingerprint density at radius 2 is 1.86 bits per heavy atom. The molecule has 1 spiro atoms. The number of aliphatic hydroxyl groups excluding tert-OH is 1. The molecule has 21 heavy (non-hydrogen) atoms. The summed E-state index contributed by atoms with van der Waals surface area (Å²) in [6, 6.07) is 0. The van der Waals surface area contributed by atoms with Crippen molar-refractivity contribution in [2.75, 3.05) is 0 Å². The molecule has 4 fully saturated rings. The lowest BCUT2D eigenvalue weighted by molar-refractivity contribution is -0.197. The molecule has 6 atom stereocenters. The molecule has 0 amide bonds. The molecule has 0 aliphatic heterocycles. The average Bonchev–Trinajstić information content (AvgIpc) is 2.57. The summed E-state index contributed by atoms with van der Waals surface area (Å²) in [7, 11) is 0. The fourth-order valence-corrected chi connectivity index (χ4v) is 7.89. The smallest absolute Gasteiger partial charge is 0.0584 e. The maximum Gasteiger partial charge on any atom is 0.0584 e. The lowest BCUT2D eigenvalue weighted by atomic mass is 9.40. The van der Waals surface area contributed by atoms with Crippen LogP contribution in [0, 0.1) is 34.0 Å². The van der Waals surface area contributed by atoms with E-state index in [1.165, 1.54) is 50.5 Å². The van der Waals surface area contributed by atoms with Crippen molar-refractivity contribution < 1.29 is 5.11 Å². The van der Waals surface area contributed by atoms with Gasteiger partial charge in [0.2, 0.25) is 0 Å². The van der Waals surface area contributed by atoms with Crippen LogP contribution >= 0.6 is 0 Å². The minimum absolute atomic E-state index is 0.0915. The van der Waals surface area contributed by atoms with E-state index < -0.39 is 0 Å². The third-order valence-corrected chi connectivity index (χ3v) is 8.24. The summed E-state index contributed by atoms with van der Waals surface area (Å²) < 4.78 is 0. The van der Waals surface area contributed by atoms with E-state index in [1.807, 2.05) is 0 Å². The molecule has 4 saturated carbocycles. The molecule has 4 rings (SSSR count). The standard InChI is InChI=1S/C20H32O/c1-13-10-20-11-14(13)6-7-16(20)19(4)9-5-8-18(2,3)17(19)15(21)12-20/h14-17,21H,1,5-12H2,2-4H3/t14-,15+,16-,17-,19+,20+/m0/s1. The summed E-state index contributed by atoms with van der Waals surface area (Å²) in [6.45, 7) is 11.7. The van der Waals surface area contributed by atoms with Crippen LogP contribution in [0.5, 0.6) is 0 Å². The van der Waals surface area contributed by atoms with E-state index in [0.717, 1.165) is 18.3 Å². The van der Waals surface area contributed by atoms with Crippen molar-refractivity contribution in [2.45, 2.75) is 78.2 Å². The molecule has 0 unspecified atom stereocenters. The average molecular weight is 288 g/mol. The zero-order chi connectivity index (χ0) is 15.0. The zero-order valence-corrected chi connectivity index (χ0v) is 14.1. The summed E-state index contributed by atoms with van der Waals surface area (Å²) in [5, 5.41) is 11.1. The Morgan fingerprint density at radius 1 is 1.10 bits per heavy atom. The molecular formula is C20H32O. The summed E-state index contributed by atoms with van der Waals surface area (Å²) in [6.07, 6.45) is 10.2. The van der Waals surface area contributed by atoms with E-state index in [-0.39, 0.29) is 6.10 Å². The molecule has 1 heteroatoms. The normalized spacial score (nSPS) is 55.0. The molecule has 1 N–H and O–H groups in total. The van der Waals surface area contributed by atoms with Crippen molar-refractivity contribution in [1.82, 2.24) is 0 Å². The van der Waals surface area contributed by atoms with Crippen LogP contribution in [0.3, 0.4) is 0 Å². The van der Waals surface area contributed by atoms with E-state index in [0.29, 0.717) is 22.2 Å². The SMILES string of the molecule is C=C1C[C@]23C[C@@H]1CC[C@H]2[C@@]1(C)CCCC(C)(C)[C@@H]1[C@H](O)C3. The van der Waals surface area contributed by atoms with Gasteiger partial charge in [0.15, 0.2) is 0 Å². The van der Waals surface area contributed by atoms with Gasteiger partial charge in [-0.2, -0.15) is 0 Å². The highest BCUT2D eigenvalue weighted by molar-refractivity contribution is 5.23. The van der Waals surface area contributed by atoms with Crippen molar-refractivity contribution in [3.8, 4) is 0 Å². The Labute approximate surface area is 130 Å². The fourth-order valence-electron chi connectivity index (χ4n) is 7.89. The van der Waals surface area contributed by atoms with E-state index in [4.69, 9.17) is 0 Å². The van der Waals surface area contributed by atoms with Crippen molar-refractivity contribution in [1.29, 1.82) is 0 Å². The zero-order valence-electron chi connectivity index (χ0n) is 14.1. The Balaban J connectivity index is 1.79. The van der Waals surface area contributed by atoms with Crippen molar-refractivity contribution in [2.24, 2.45) is 34.0 Å². The van der Waals surface area contributed by atoms with E-state index in [9.17, 15) is 5.11 Å². The van der Waals surface area contributed by atoms with Gasteiger partial charge >= 0.3 is 0 Å². The van der Waals surface area contributed by atoms with Crippen molar-refractivity contribution in [3.05, 3.63) is 12.2 Å². The van der Waals surface area contributed by atoms with Crippen LogP contribution in [-0.2, 0) is 0 Å². The fraction of sp³-hybridized carbons (Fsp3) is 0.900. The van der Waals surface area contributed by atoms with Crippen molar-refractivity contribution >= 4 is 0 Å². The molecule has 0 aromatic carbocycles. The molecule has 0 saturated heterocycles. The molecular weight excluding hydrogens is 256 g/mol. The van der Waals surface area contributed by atoms with Crippen LogP contribution in [0.15, 0.2) is 12.2 Å². The van der Waals surface area contributed by atoms with E-state index in [2.05, 4.69) is 27.4 Å². The topological polar surface area (TPSA) is 20.2 Å². The van der Waals surface area contributed by atoms with Gasteiger partial charge in [0.1, 0.15) is 0 Å². The monoisotopic (exact) mass is 288 g/mol. The number of aliphatic hydroxyl groups is 1. The minimum Gasteiger partial charge on any atom is -0.393 e. The maximum atomic E-state index is 11.1. The summed E-state index contributed by atoms with van der Waals surface area (Å²) in [5.41, 5.74) is 2.56. The van der Waals surface area contributed by atoms with Gasteiger partial charge < -0.3 is 5.11 Å². The van der Waals surface area contributed by atoms with E-state index in [1.54, 1.807) is 0 Å². The lowest BCUT2D eigenvalue weighted by Crippen LogP contribution is -2.61. The molecule has 1 nitrogen and oxygen atoms in total. The Hall–Kier alpha value is -0.300. The molecule has 0 aromatic heterocycles. The van der Waals surface area contributed by atoms with E-state index >= 15 is 0 Å². The first kappa shape index (κ1) is 14.3. The minimum atomic E-state index is -0.0915. The first-order chi connectivity index (χ1) is 9.79. The van der Waals surface area contributed by atoms with Crippen LogP contribution in [0.1, 0.15) is 72.1 Å². The lowest BCUT2D eigenvalue weighted by Gasteiger charge is -2.65. The molecule has 2 bridgehead atoms. The summed E-state index contributed by atoms with van der Waals surface area (Å²) in [4.78, 5) is 0. The predicted molar refractivity (Wildman–Crippen MR) is 86.9 cm³/mol. The number of hydrogen-bond acceptors (Lipinski definition) is 1. The number of allylic oxidation sites excluding steroid dienone is 1. The molecule has 4 aliphatic rings. The van der Waals surface area contributed by atoms with Crippen molar-refractivity contribution in [3.63, 3.8) is 0 Å². The second kappa shape index (κ2) is 4.16. The predicted octanol–water partition coefficient (Wildman–Crippen LogP) is 4.95. The first-order valence-electron chi connectivity index (χ1n) is 9.14. The molecule has 0 aromatic rings. The quantitative estimate of drug-likeness (QED) is 0.626. The number of rotatable bonds is 0. The molecule has 0 radical (unpaired) electrons. The second-order valence-electron chi connectivity index (χ2n) is 9.83. The third-order valence-electron chi connectivity index (χ3n) is 8.24. The molecule has 4 aliphatic carbocycles. The largest absolute Gasteiger partial charge is 0.393 e. The molecule has 118 valence electrons. The van der Waals surface area contributed by atoms with Gasteiger partial charge in [0.05, 0.1) is 6.10 Å². The van der Waals surface area contributed by atoms with Crippen LogP contribution in [0.25, 0.3) is 0 Å². The Kier molecular flexibility index (Phi) is 2.83. The van der Waals surface area contributed by atoms with Gasteiger partial charge in [0.25, 0.3) is 0 Å². The highest BCUT2D eigenvalue weighted by Gasteiger charge is 2.65. The maximum absolute atomic E-state index is 11.1. The molecule has 0 heterocycles. The van der Waals surface area contributed by atoms with Gasteiger partial charge in [-0.25, -0.2) is 0 Å². The highest BCUT2D eigenvalue weighted by Crippen LogP contribution is 2.71. The van der Waals surface area contributed by atoms with Crippen LogP contribution in [0.2, 0.25) is 0 Å².